The van der Waals surface area contributed by atoms with Crippen molar-refractivity contribution in [2.75, 3.05) is 39.8 Å². The van der Waals surface area contributed by atoms with Gasteiger partial charge in [0.05, 0.1) is 20.3 Å². The maximum atomic E-state index is 5.60. The number of nitrogens with zero attached hydrogens (tertiary/aromatic N) is 3. The number of hydrogen-bond donors (Lipinski definition) is 0. The molecule has 3 aromatic rings. The second-order valence-corrected chi connectivity index (χ2v) is 8.03. The third-order valence-corrected chi connectivity index (χ3v) is 5.92. The Morgan fingerprint density at radius 2 is 1.70 bits per heavy atom. The highest BCUT2D eigenvalue weighted by atomic mass is 16.5. The molecule has 1 aliphatic heterocycles. The summed E-state index contributed by atoms with van der Waals surface area (Å²) in [4.78, 5) is 4.71. The molecule has 2 aromatic carbocycles. The summed E-state index contributed by atoms with van der Waals surface area (Å²) in [6, 6.07) is 19.7. The number of anilines is 1. The first-order valence-corrected chi connectivity index (χ1v) is 10.5. The Balaban J connectivity index is 1.71. The minimum Gasteiger partial charge on any atom is -0.493 e. The zero-order chi connectivity index (χ0) is 21.1. The summed E-state index contributed by atoms with van der Waals surface area (Å²) in [5.74, 6) is 1.53. The van der Waals surface area contributed by atoms with Crippen LogP contribution in [0.15, 0.2) is 60.8 Å². The first-order valence-electron chi connectivity index (χ1n) is 10.5. The van der Waals surface area contributed by atoms with Gasteiger partial charge in [0.2, 0.25) is 0 Å². The SMILES string of the molecule is COc1ccc(C2c3cccn3CCCN2Cc2ccc(N(C)C)cc2)cc1OC. The zero-order valence-electron chi connectivity index (χ0n) is 18.3. The van der Waals surface area contributed by atoms with Crippen molar-refractivity contribution < 1.29 is 9.47 Å². The number of ether oxygens (including phenoxy) is 2. The Bertz CT molecular complexity index is 978. The van der Waals surface area contributed by atoms with Gasteiger partial charge in [-0.2, -0.15) is 0 Å². The van der Waals surface area contributed by atoms with Gasteiger partial charge in [0.1, 0.15) is 0 Å². The number of methoxy groups -OCH3 is 2. The standard InChI is InChI=1S/C25H31N3O2/c1-26(2)21-11-8-19(9-12-21)18-28-16-6-15-27-14-5-7-22(27)25(28)20-10-13-23(29-3)24(17-20)30-4/h5,7-14,17,25H,6,15-16,18H2,1-4H3. The van der Waals surface area contributed by atoms with Gasteiger partial charge in [0, 0.05) is 51.3 Å². The number of benzene rings is 2. The first-order chi connectivity index (χ1) is 14.6. The van der Waals surface area contributed by atoms with Crippen molar-refractivity contribution in [3.63, 3.8) is 0 Å². The van der Waals surface area contributed by atoms with E-state index in [9.17, 15) is 0 Å². The monoisotopic (exact) mass is 405 g/mol. The third-order valence-electron chi connectivity index (χ3n) is 5.92. The minimum absolute atomic E-state index is 0.163. The second-order valence-electron chi connectivity index (χ2n) is 8.03. The molecule has 5 heteroatoms. The molecule has 5 nitrogen and oxygen atoms in total. The van der Waals surface area contributed by atoms with Crippen LogP contribution in [0.3, 0.4) is 0 Å². The third kappa shape index (κ3) is 4.03. The maximum absolute atomic E-state index is 5.60. The number of hydrogen-bond acceptors (Lipinski definition) is 4. The van der Waals surface area contributed by atoms with Crippen LogP contribution in [0.25, 0.3) is 0 Å². The molecule has 1 atom stereocenters. The minimum atomic E-state index is 0.163. The van der Waals surface area contributed by atoms with Crippen molar-refractivity contribution in [2.24, 2.45) is 0 Å². The average Bonchev–Trinajstić information content (AvgIpc) is 3.15. The van der Waals surface area contributed by atoms with E-state index in [2.05, 4.69) is 83.2 Å². The molecular weight excluding hydrogens is 374 g/mol. The molecule has 0 amide bonds. The van der Waals surface area contributed by atoms with Crippen LogP contribution in [0.2, 0.25) is 0 Å². The van der Waals surface area contributed by atoms with E-state index in [0.717, 1.165) is 37.6 Å². The molecule has 0 saturated carbocycles. The molecule has 1 aromatic heterocycles. The van der Waals surface area contributed by atoms with Gasteiger partial charge in [0.25, 0.3) is 0 Å². The number of aryl methyl sites for hydroxylation is 1. The molecule has 1 unspecified atom stereocenters. The topological polar surface area (TPSA) is 29.9 Å². The Morgan fingerprint density at radius 1 is 0.933 bits per heavy atom. The van der Waals surface area contributed by atoms with E-state index in [1.54, 1.807) is 14.2 Å². The van der Waals surface area contributed by atoms with Gasteiger partial charge in [-0.1, -0.05) is 18.2 Å². The smallest absolute Gasteiger partial charge is 0.161 e. The van der Waals surface area contributed by atoms with Crippen molar-refractivity contribution >= 4 is 5.69 Å². The predicted molar refractivity (Wildman–Crippen MR) is 122 cm³/mol. The quantitative estimate of drug-likeness (QED) is 0.601. The molecule has 0 radical (unpaired) electrons. The van der Waals surface area contributed by atoms with E-state index >= 15 is 0 Å². The normalized spacial score (nSPS) is 16.6. The van der Waals surface area contributed by atoms with Gasteiger partial charge in [-0.15, -0.1) is 0 Å². The predicted octanol–water partition coefficient (Wildman–Crippen LogP) is 4.57. The van der Waals surface area contributed by atoms with Crippen molar-refractivity contribution in [3.05, 3.63) is 77.6 Å². The van der Waals surface area contributed by atoms with E-state index in [1.807, 2.05) is 6.07 Å². The Labute approximate surface area is 179 Å². The van der Waals surface area contributed by atoms with E-state index in [4.69, 9.17) is 9.47 Å². The van der Waals surface area contributed by atoms with Gasteiger partial charge < -0.3 is 18.9 Å². The largest absolute Gasteiger partial charge is 0.493 e. The average molecular weight is 406 g/mol. The highest BCUT2D eigenvalue weighted by molar-refractivity contribution is 5.47. The molecule has 1 aliphatic rings. The number of aromatic nitrogens is 1. The molecule has 0 N–H and O–H groups in total. The van der Waals surface area contributed by atoms with Crippen LogP contribution in [0, 0.1) is 0 Å². The fourth-order valence-electron chi connectivity index (χ4n) is 4.35. The molecule has 0 spiro atoms. The van der Waals surface area contributed by atoms with E-state index < -0.39 is 0 Å². The van der Waals surface area contributed by atoms with E-state index in [0.29, 0.717) is 0 Å². The van der Waals surface area contributed by atoms with Crippen LogP contribution in [0.5, 0.6) is 11.5 Å². The fraction of sp³-hybridized carbons (Fsp3) is 0.360. The summed E-state index contributed by atoms with van der Waals surface area (Å²) in [6.45, 7) is 2.98. The van der Waals surface area contributed by atoms with Crippen molar-refractivity contribution in [3.8, 4) is 11.5 Å². The zero-order valence-corrected chi connectivity index (χ0v) is 18.3. The fourth-order valence-corrected chi connectivity index (χ4v) is 4.35. The lowest BCUT2D eigenvalue weighted by atomic mass is 10.00. The van der Waals surface area contributed by atoms with Crippen LogP contribution in [0.4, 0.5) is 5.69 Å². The molecule has 30 heavy (non-hydrogen) atoms. The molecule has 0 aliphatic carbocycles. The van der Waals surface area contributed by atoms with Crippen LogP contribution < -0.4 is 14.4 Å². The van der Waals surface area contributed by atoms with Crippen LogP contribution in [0.1, 0.15) is 29.3 Å². The highest BCUT2D eigenvalue weighted by Gasteiger charge is 2.28. The summed E-state index contributed by atoms with van der Waals surface area (Å²) in [6.07, 6.45) is 3.32. The highest BCUT2D eigenvalue weighted by Crippen LogP contribution is 2.37. The van der Waals surface area contributed by atoms with Crippen LogP contribution in [-0.4, -0.2) is 44.3 Å². The van der Waals surface area contributed by atoms with E-state index in [-0.39, 0.29) is 6.04 Å². The maximum Gasteiger partial charge on any atom is 0.161 e. The Morgan fingerprint density at radius 3 is 2.40 bits per heavy atom. The molecule has 0 bridgehead atoms. The molecule has 4 rings (SSSR count). The summed E-state index contributed by atoms with van der Waals surface area (Å²) >= 11 is 0. The van der Waals surface area contributed by atoms with Crippen molar-refractivity contribution in [1.82, 2.24) is 9.47 Å². The second kappa shape index (κ2) is 8.84. The lowest BCUT2D eigenvalue weighted by molar-refractivity contribution is 0.220. The lowest BCUT2D eigenvalue weighted by Crippen LogP contribution is -2.29. The molecule has 0 fully saturated rings. The van der Waals surface area contributed by atoms with Crippen LogP contribution in [-0.2, 0) is 13.1 Å². The summed E-state index contributed by atoms with van der Waals surface area (Å²) in [5, 5.41) is 0. The van der Waals surface area contributed by atoms with Gasteiger partial charge in [-0.25, -0.2) is 0 Å². The Hall–Kier alpha value is -2.92. The van der Waals surface area contributed by atoms with Gasteiger partial charge in [-0.3, -0.25) is 4.90 Å². The molecule has 0 saturated heterocycles. The summed E-state index contributed by atoms with van der Waals surface area (Å²) in [7, 11) is 7.52. The Kier molecular flexibility index (Phi) is 6.00. The first kappa shape index (κ1) is 20.4. The van der Waals surface area contributed by atoms with Gasteiger partial charge >= 0.3 is 0 Å². The summed E-state index contributed by atoms with van der Waals surface area (Å²) < 4.78 is 13.5. The number of fused-ring (bicyclic) bond motifs is 1. The molecule has 2 heterocycles. The van der Waals surface area contributed by atoms with Crippen molar-refractivity contribution in [2.45, 2.75) is 25.6 Å². The van der Waals surface area contributed by atoms with Gasteiger partial charge in [-0.05, 0) is 53.9 Å². The molecule has 158 valence electrons. The molecular formula is C25H31N3O2. The van der Waals surface area contributed by atoms with E-state index in [1.165, 1.54) is 22.5 Å². The van der Waals surface area contributed by atoms with Crippen LogP contribution >= 0.6 is 0 Å². The van der Waals surface area contributed by atoms with Crippen molar-refractivity contribution in [1.29, 1.82) is 0 Å². The number of rotatable bonds is 6. The van der Waals surface area contributed by atoms with Gasteiger partial charge in [0.15, 0.2) is 11.5 Å². The lowest BCUT2D eigenvalue weighted by Gasteiger charge is -2.31. The summed E-state index contributed by atoms with van der Waals surface area (Å²) in [5.41, 5.74) is 5.09.